The Morgan fingerprint density at radius 3 is 2.75 bits per heavy atom. The van der Waals surface area contributed by atoms with Gasteiger partial charge < -0.3 is 5.32 Å². The van der Waals surface area contributed by atoms with Crippen LogP contribution in [0.25, 0.3) is 0 Å². The van der Waals surface area contributed by atoms with Gasteiger partial charge in [0, 0.05) is 24.4 Å². The quantitative estimate of drug-likeness (QED) is 0.759. The third-order valence-corrected chi connectivity index (χ3v) is 5.04. The largest absolute Gasteiger partial charge is 0.312 e. The topological polar surface area (TPSA) is 15.3 Å². The lowest BCUT2D eigenvalue weighted by Gasteiger charge is -2.35. The molecule has 2 unspecified atom stereocenters. The monoisotopic (exact) mass is 242 g/mol. The summed E-state index contributed by atoms with van der Waals surface area (Å²) in [5, 5.41) is 3.73. The van der Waals surface area contributed by atoms with Crippen molar-refractivity contribution in [2.75, 3.05) is 31.1 Å². The van der Waals surface area contributed by atoms with Crippen LogP contribution in [0, 0.1) is 5.41 Å². The highest BCUT2D eigenvalue weighted by Crippen LogP contribution is 2.27. The fraction of sp³-hybridized carbons (Fsp3) is 1.00. The Labute approximate surface area is 105 Å². The van der Waals surface area contributed by atoms with Crippen LogP contribution in [0.4, 0.5) is 0 Å². The Hall–Kier alpha value is 0.270. The fourth-order valence-corrected chi connectivity index (χ4v) is 3.93. The molecular formula is C13H26N2S. The van der Waals surface area contributed by atoms with Crippen LogP contribution in [0.3, 0.4) is 0 Å². The number of thioether (sulfide) groups is 1. The van der Waals surface area contributed by atoms with E-state index in [-0.39, 0.29) is 0 Å². The molecule has 2 saturated heterocycles. The van der Waals surface area contributed by atoms with E-state index in [2.05, 4.69) is 42.7 Å². The minimum atomic E-state index is 0.383. The molecular weight excluding hydrogens is 216 g/mol. The number of rotatable bonds is 1. The molecule has 1 N–H and O–H groups in total. The second-order valence-electron chi connectivity index (χ2n) is 6.24. The van der Waals surface area contributed by atoms with Crippen molar-refractivity contribution < 1.29 is 0 Å². The molecule has 2 nitrogen and oxygen atoms in total. The van der Waals surface area contributed by atoms with E-state index in [9.17, 15) is 0 Å². The van der Waals surface area contributed by atoms with Crippen molar-refractivity contribution in [2.45, 2.75) is 45.7 Å². The maximum absolute atomic E-state index is 3.73. The zero-order valence-electron chi connectivity index (χ0n) is 11.0. The highest BCUT2D eigenvalue weighted by Gasteiger charge is 2.31. The van der Waals surface area contributed by atoms with Gasteiger partial charge in [0.1, 0.15) is 0 Å². The van der Waals surface area contributed by atoms with Crippen molar-refractivity contribution in [2.24, 2.45) is 5.41 Å². The molecule has 0 bridgehead atoms. The SMILES string of the molecule is CC(C)(C)C1CN(C2CCSC2)CCCN1. The summed E-state index contributed by atoms with van der Waals surface area (Å²) in [7, 11) is 0. The minimum absolute atomic E-state index is 0.383. The van der Waals surface area contributed by atoms with Gasteiger partial charge in [-0.05, 0) is 37.1 Å². The van der Waals surface area contributed by atoms with Crippen LogP contribution in [-0.2, 0) is 0 Å². The molecule has 0 spiro atoms. The Balaban J connectivity index is 1.97. The third kappa shape index (κ3) is 3.14. The molecule has 0 amide bonds. The number of hydrogen-bond donors (Lipinski definition) is 1. The lowest BCUT2D eigenvalue weighted by Crippen LogP contribution is -2.48. The van der Waals surface area contributed by atoms with E-state index >= 15 is 0 Å². The number of nitrogens with zero attached hydrogens (tertiary/aromatic N) is 1. The van der Waals surface area contributed by atoms with Gasteiger partial charge in [-0.15, -0.1) is 0 Å². The average Bonchev–Trinajstić information content (AvgIpc) is 2.60. The van der Waals surface area contributed by atoms with Gasteiger partial charge in [0.05, 0.1) is 0 Å². The molecule has 0 aromatic rings. The van der Waals surface area contributed by atoms with E-state index in [1.807, 2.05) is 0 Å². The summed E-state index contributed by atoms with van der Waals surface area (Å²) in [6.45, 7) is 10.8. The molecule has 0 radical (unpaired) electrons. The first-order valence-electron chi connectivity index (χ1n) is 6.62. The minimum Gasteiger partial charge on any atom is -0.312 e. The summed E-state index contributed by atoms with van der Waals surface area (Å²) in [4.78, 5) is 2.75. The second kappa shape index (κ2) is 5.28. The van der Waals surface area contributed by atoms with E-state index in [0.717, 1.165) is 6.04 Å². The normalized spacial score (nSPS) is 33.9. The zero-order valence-corrected chi connectivity index (χ0v) is 11.8. The number of hydrogen-bond acceptors (Lipinski definition) is 3. The first-order chi connectivity index (χ1) is 7.57. The Kier molecular flexibility index (Phi) is 4.20. The van der Waals surface area contributed by atoms with Gasteiger partial charge >= 0.3 is 0 Å². The third-order valence-electron chi connectivity index (χ3n) is 3.90. The Morgan fingerprint density at radius 2 is 2.12 bits per heavy atom. The molecule has 94 valence electrons. The summed E-state index contributed by atoms with van der Waals surface area (Å²) in [6, 6.07) is 1.51. The van der Waals surface area contributed by atoms with Gasteiger partial charge in [-0.3, -0.25) is 4.90 Å². The maximum atomic E-state index is 3.73. The lowest BCUT2D eigenvalue weighted by atomic mass is 9.86. The van der Waals surface area contributed by atoms with Crippen molar-refractivity contribution >= 4 is 11.8 Å². The molecule has 3 heteroatoms. The van der Waals surface area contributed by atoms with Crippen molar-refractivity contribution in [1.29, 1.82) is 0 Å². The van der Waals surface area contributed by atoms with Crippen molar-refractivity contribution in [3.8, 4) is 0 Å². The van der Waals surface area contributed by atoms with Crippen molar-refractivity contribution in [3.63, 3.8) is 0 Å². The molecule has 2 aliphatic heterocycles. The Bertz CT molecular complexity index is 218. The van der Waals surface area contributed by atoms with Crippen LogP contribution >= 0.6 is 11.8 Å². The number of nitrogens with one attached hydrogen (secondary N) is 1. The van der Waals surface area contributed by atoms with Gasteiger partial charge in [0.2, 0.25) is 0 Å². The zero-order chi connectivity index (χ0) is 11.6. The molecule has 0 saturated carbocycles. The average molecular weight is 242 g/mol. The van der Waals surface area contributed by atoms with Crippen LogP contribution in [0.1, 0.15) is 33.6 Å². The van der Waals surface area contributed by atoms with E-state index in [1.165, 1.54) is 44.0 Å². The first kappa shape index (κ1) is 12.7. The van der Waals surface area contributed by atoms with Gasteiger partial charge in [0.15, 0.2) is 0 Å². The van der Waals surface area contributed by atoms with E-state index in [1.54, 1.807) is 0 Å². The summed E-state index contributed by atoms with van der Waals surface area (Å²) >= 11 is 2.13. The maximum Gasteiger partial charge on any atom is 0.0243 e. The molecule has 0 aliphatic carbocycles. The predicted molar refractivity (Wildman–Crippen MR) is 73.2 cm³/mol. The van der Waals surface area contributed by atoms with Crippen LogP contribution in [0.15, 0.2) is 0 Å². The van der Waals surface area contributed by atoms with Gasteiger partial charge in [-0.25, -0.2) is 0 Å². The van der Waals surface area contributed by atoms with Crippen molar-refractivity contribution in [3.05, 3.63) is 0 Å². The van der Waals surface area contributed by atoms with Crippen LogP contribution in [0.2, 0.25) is 0 Å². The first-order valence-corrected chi connectivity index (χ1v) is 7.78. The van der Waals surface area contributed by atoms with Crippen LogP contribution in [-0.4, -0.2) is 48.1 Å². The molecule has 2 heterocycles. The highest BCUT2D eigenvalue weighted by molar-refractivity contribution is 7.99. The van der Waals surface area contributed by atoms with E-state index in [4.69, 9.17) is 0 Å². The van der Waals surface area contributed by atoms with Gasteiger partial charge in [0.25, 0.3) is 0 Å². The van der Waals surface area contributed by atoms with Crippen LogP contribution < -0.4 is 5.32 Å². The molecule has 2 atom stereocenters. The smallest absolute Gasteiger partial charge is 0.0243 e. The summed E-state index contributed by atoms with van der Waals surface area (Å²) in [6.07, 6.45) is 2.72. The van der Waals surface area contributed by atoms with Crippen molar-refractivity contribution in [1.82, 2.24) is 10.2 Å². The lowest BCUT2D eigenvalue weighted by molar-refractivity contribution is 0.164. The molecule has 16 heavy (non-hydrogen) atoms. The van der Waals surface area contributed by atoms with Crippen LogP contribution in [0.5, 0.6) is 0 Å². The molecule has 2 rings (SSSR count). The second-order valence-corrected chi connectivity index (χ2v) is 7.39. The van der Waals surface area contributed by atoms with Gasteiger partial charge in [-0.1, -0.05) is 20.8 Å². The summed E-state index contributed by atoms with van der Waals surface area (Å²) in [5.74, 6) is 2.73. The summed E-state index contributed by atoms with van der Waals surface area (Å²) < 4.78 is 0. The molecule has 2 aliphatic rings. The Morgan fingerprint density at radius 1 is 1.31 bits per heavy atom. The standard InChI is InChI=1S/C13H26N2S/c1-13(2,3)12-9-15(7-4-6-14-12)11-5-8-16-10-11/h11-12,14H,4-10H2,1-3H3. The fourth-order valence-electron chi connectivity index (χ4n) is 2.67. The highest BCUT2D eigenvalue weighted by atomic mass is 32.2. The molecule has 0 aromatic heterocycles. The summed E-state index contributed by atoms with van der Waals surface area (Å²) in [5.41, 5.74) is 0.383. The molecule has 0 aromatic carbocycles. The van der Waals surface area contributed by atoms with Gasteiger partial charge in [-0.2, -0.15) is 11.8 Å². The predicted octanol–water partition coefficient (Wildman–Crippen LogP) is 2.20. The molecule has 2 fully saturated rings. The van der Waals surface area contributed by atoms with E-state index < -0.39 is 0 Å². The van der Waals surface area contributed by atoms with E-state index in [0.29, 0.717) is 11.5 Å².